The van der Waals surface area contributed by atoms with E-state index in [1.54, 1.807) is 11.3 Å². The highest BCUT2D eigenvalue weighted by Gasteiger charge is 2.17. The van der Waals surface area contributed by atoms with Crippen LogP contribution in [-0.4, -0.2) is 15.8 Å². The molecule has 114 valence electrons. The van der Waals surface area contributed by atoms with Crippen LogP contribution in [0.2, 0.25) is 0 Å². The summed E-state index contributed by atoms with van der Waals surface area (Å²) in [5, 5.41) is 6.89. The molecule has 1 unspecified atom stereocenters. The zero-order valence-corrected chi connectivity index (χ0v) is 13.2. The lowest BCUT2D eigenvalue weighted by molar-refractivity contribution is 0.327. The molecule has 1 fully saturated rings. The molecular formula is C16H24N4S. The first-order valence-electron chi connectivity index (χ1n) is 7.87. The predicted molar refractivity (Wildman–Crippen MR) is 87.2 cm³/mol. The summed E-state index contributed by atoms with van der Waals surface area (Å²) in [6, 6.07) is 7.25. The van der Waals surface area contributed by atoms with Crippen LogP contribution in [0.4, 0.5) is 0 Å². The van der Waals surface area contributed by atoms with Crippen LogP contribution < -0.4 is 11.3 Å². The highest BCUT2D eigenvalue weighted by molar-refractivity contribution is 7.09. The normalized spacial score (nSPS) is 18.0. The van der Waals surface area contributed by atoms with Crippen LogP contribution in [0.15, 0.2) is 29.8 Å². The average Bonchev–Trinajstić information content (AvgIpc) is 3.19. The van der Waals surface area contributed by atoms with E-state index in [9.17, 15) is 0 Å². The van der Waals surface area contributed by atoms with E-state index in [4.69, 9.17) is 10.9 Å². The number of nitrogens with two attached hydrogens (primary N) is 1. The molecular weight excluding hydrogens is 280 g/mol. The van der Waals surface area contributed by atoms with E-state index >= 15 is 0 Å². The number of hydrogen-bond acceptors (Lipinski definition) is 4. The first-order valence-corrected chi connectivity index (χ1v) is 8.75. The lowest BCUT2D eigenvalue weighted by atomic mass is 9.96. The third-order valence-corrected chi connectivity index (χ3v) is 5.23. The molecule has 2 heterocycles. The second-order valence-corrected chi connectivity index (χ2v) is 6.96. The number of rotatable bonds is 6. The van der Waals surface area contributed by atoms with Crippen molar-refractivity contribution in [3.8, 4) is 0 Å². The zero-order chi connectivity index (χ0) is 14.5. The molecule has 3 rings (SSSR count). The largest absolute Gasteiger partial charge is 0.271 e. The van der Waals surface area contributed by atoms with Gasteiger partial charge >= 0.3 is 0 Å². The van der Waals surface area contributed by atoms with Crippen molar-refractivity contribution in [3.05, 3.63) is 40.3 Å². The summed E-state index contributed by atoms with van der Waals surface area (Å²) >= 11 is 1.78. The third kappa shape index (κ3) is 3.93. The molecule has 0 bridgehead atoms. The van der Waals surface area contributed by atoms with Gasteiger partial charge in [0, 0.05) is 23.5 Å². The van der Waals surface area contributed by atoms with Gasteiger partial charge in [0.15, 0.2) is 0 Å². The number of aromatic nitrogens is 2. The molecule has 21 heavy (non-hydrogen) atoms. The summed E-state index contributed by atoms with van der Waals surface area (Å²) in [6.45, 7) is 0. The second kappa shape index (κ2) is 7.20. The molecule has 0 radical (unpaired) electrons. The minimum absolute atomic E-state index is 0.248. The fourth-order valence-corrected chi connectivity index (χ4v) is 3.94. The molecule has 1 aliphatic rings. The molecule has 1 atom stereocenters. The minimum Gasteiger partial charge on any atom is -0.271 e. The Bertz CT molecular complexity index is 528. The van der Waals surface area contributed by atoms with Gasteiger partial charge in [-0.1, -0.05) is 25.3 Å². The molecule has 5 heteroatoms. The summed E-state index contributed by atoms with van der Waals surface area (Å²) in [5.41, 5.74) is 4.07. The van der Waals surface area contributed by atoms with Crippen molar-refractivity contribution in [1.82, 2.24) is 15.2 Å². The van der Waals surface area contributed by atoms with Crippen molar-refractivity contribution in [3.63, 3.8) is 0 Å². The van der Waals surface area contributed by atoms with Gasteiger partial charge in [-0.3, -0.25) is 16.0 Å². The topological polar surface area (TPSA) is 55.9 Å². The number of nitrogens with one attached hydrogen (secondary N) is 1. The van der Waals surface area contributed by atoms with E-state index in [0.29, 0.717) is 6.04 Å². The van der Waals surface area contributed by atoms with Crippen molar-refractivity contribution in [1.29, 1.82) is 0 Å². The van der Waals surface area contributed by atoms with Crippen molar-refractivity contribution in [2.75, 3.05) is 0 Å². The summed E-state index contributed by atoms with van der Waals surface area (Å²) in [5.74, 6) is 5.71. The molecule has 2 aromatic rings. The standard InChI is InChI=1S/C16H24N4S/c17-18-14(12-16-7-4-10-21-16)11-13-8-9-20(19-13)15-5-2-1-3-6-15/h4,7-10,14-15,18H,1-3,5-6,11-12,17H2. The minimum atomic E-state index is 0.248. The van der Waals surface area contributed by atoms with E-state index in [2.05, 4.69) is 39.9 Å². The smallest absolute Gasteiger partial charge is 0.0640 e. The van der Waals surface area contributed by atoms with Crippen molar-refractivity contribution < 1.29 is 0 Å². The fourth-order valence-electron chi connectivity index (χ4n) is 3.15. The van der Waals surface area contributed by atoms with Crippen LogP contribution in [0.3, 0.4) is 0 Å². The van der Waals surface area contributed by atoms with E-state index in [0.717, 1.165) is 18.5 Å². The second-order valence-electron chi connectivity index (χ2n) is 5.93. The van der Waals surface area contributed by atoms with E-state index in [-0.39, 0.29) is 6.04 Å². The Morgan fingerprint density at radius 3 is 2.86 bits per heavy atom. The van der Waals surface area contributed by atoms with Crippen molar-refractivity contribution >= 4 is 11.3 Å². The monoisotopic (exact) mass is 304 g/mol. The Hall–Kier alpha value is -1.17. The molecule has 0 spiro atoms. The lowest BCUT2D eigenvalue weighted by Crippen LogP contribution is -2.38. The molecule has 3 N–H and O–H groups in total. The van der Waals surface area contributed by atoms with Gasteiger partial charge in [-0.05, 0) is 36.8 Å². The average molecular weight is 304 g/mol. The number of nitrogens with zero attached hydrogens (tertiary/aromatic N) is 2. The SMILES string of the molecule is NNC(Cc1ccn(C2CCCCC2)n1)Cc1cccs1. The molecule has 0 aromatic carbocycles. The predicted octanol–water partition coefficient (Wildman–Crippen LogP) is 3.07. The Morgan fingerprint density at radius 1 is 1.29 bits per heavy atom. The van der Waals surface area contributed by atoms with Crippen molar-refractivity contribution in [2.24, 2.45) is 5.84 Å². The third-order valence-electron chi connectivity index (χ3n) is 4.33. The molecule has 1 saturated carbocycles. The molecule has 4 nitrogen and oxygen atoms in total. The molecule has 0 aliphatic heterocycles. The van der Waals surface area contributed by atoms with Crippen LogP contribution in [0.5, 0.6) is 0 Å². The number of hydrogen-bond donors (Lipinski definition) is 2. The van der Waals surface area contributed by atoms with E-state index < -0.39 is 0 Å². The van der Waals surface area contributed by atoms with Crippen LogP contribution in [0.1, 0.15) is 48.7 Å². The maximum Gasteiger partial charge on any atom is 0.0640 e. The Morgan fingerprint density at radius 2 is 2.14 bits per heavy atom. The first-order chi connectivity index (χ1) is 10.3. The maximum absolute atomic E-state index is 5.71. The van der Waals surface area contributed by atoms with E-state index in [1.807, 2.05) is 0 Å². The van der Waals surface area contributed by atoms with Gasteiger partial charge in [-0.15, -0.1) is 11.3 Å². The molecule has 1 aliphatic carbocycles. The summed E-state index contributed by atoms with van der Waals surface area (Å²) < 4.78 is 2.17. The van der Waals surface area contributed by atoms with Gasteiger partial charge in [0.1, 0.15) is 0 Å². The number of hydrazine groups is 1. The highest BCUT2D eigenvalue weighted by atomic mass is 32.1. The summed E-state index contributed by atoms with van der Waals surface area (Å²) in [7, 11) is 0. The quantitative estimate of drug-likeness (QED) is 0.637. The van der Waals surface area contributed by atoms with Gasteiger partial charge in [-0.2, -0.15) is 5.10 Å². The van der Waals surface area contributed by atoms with E-state index in [1.165, 1.54) is 37.0 Å². The zero-order valence-electron chi connectivity index (χ0n) is 12.4. The first kappa shape index (κ1) is 14.8. The Labute approximate surface area is 130 Å². The van der Waals surface area contributed by atoms with Gasteiger partial charge in [-0.25, -0.2) is 0 Å². The fraction of sp³-hybridized carbons (Fsp3) is 0.562. The van der Waals surface area contributed by atoms with Crippen LogP contribution >= 0.6 is 11.3 Å². The van der Waals surface area contributed by atoms with Gasteiger partial charge in [0.05, 0.1) is 11.7 Å². The lowest BCUT2D eigenvalue weighted by Gasteiger charge is -2.22. The van der Waals surface area contributed by atoms with Crippen LogP contribution in [0.25, 0.3) is 0 Å². The Balaban J connectivity index is 1.59. The van der Waals surface area contributed by atoms with Gasteiger partial charge in [0.25, 0.3) is 0 Å². The van der Waals surface area contributed by atoms with Crippen LogP contribution in [0, 0.1) is 0 Å². The Kier molecular flexibility index (Phi) is 5.06. The summed E-state index contributed by atoms with van der Waals surface area (Å²) in [6.07, 6.45) is 10.6. The van der Waals surface area contributed by atoms with Gasteiger partial charge in [0.2, 0.25) is 0 Å². The molecule has 0 saturated heterocycles. The summed E-state index contributed by atoms with van der Waals surface area (Å²) in [4.78, 5) is 1.37. The van der Waals surface area contributed by atoms with Crippen LogP contribution in [-0.2, 0) is 12.8 Å². The maximum atomic E-state index is 5.71. The van der Waals surface area contributed by atoms with Crippen molar-refractivity contribution in [2.45, 2.75) is 57.0 Å². The number of thiophene rings is 1. The molecule has 2 aromatic heterocycles. The van der Waals surface area contributed by atoms with Gasteiger partial charge < -0.3 is 0 Å². The highest BCUT2D eigenvalue weighted by Crippen LogP contribution is 2.27. The molecule has 0 amide bonds.